The summed E-state index contributed by atoms with van der Waals surface area (Å²) in [6.07, 6.45) is 2.30. The number of nitrogen functional groups attached to an aromatic ring is 1. The molecule has 0 aliphatic heterocycles. The van der Waals surface area contributed by atoms with Crippen LogP contribution in [0.2, 0.25) is 0 Å². The molecular formula is C12H18N2OS. The molecule has 1 rings (SSSR count). The summed E-state index contributed by atoms with van der Waals surface area (Å²) in [6, 6.07) is 5.40. The molecule has 3 nitrogen and oxygen atoms in total. The Morgan fingerprint density at radius 3 is 2.88 bits per heavy atom. The van der Waals surface area contributed by atoms with Crippen LogP contribution in [0.4, 0.5) is 5.69 Å². The zero-order valence-electron chi connectivity index (χ0n) is 9.75. The lowest BCUT2D eigenvalue weighted by atomic mass is 10.2. The molecule has 0 bridgehead atoms. The average molecular weight is 238 g/mol. The number of nitrogens with two attached hydrogens (primary N) is 1. The van der Waals surface area contributed by atoms with Crippen molar-refractivity contribution in [3.05, 3.63) is 23.8 Å². The van der Waals surface area contributed by atoms with Gasteiger partial charge in [0.1, 0.15) is 0 Å². The Labute approximate surface area is 101 Å². The first kappa shape index (κ1) is 12.9. The SMILES string of the molecule is CCCCSc1cc(N)ccc1C(=O)NC. The van der Waals surface area contributed by atoms with Gasteiger partial charge < -0.3 is 11.1 Å². The average Bonchev–Trinajstić information content (AvgIpc) is 2.29. The van der Waals surface area contributed by atoms with Gasteiger partial charge in [-0.2, -0.15) is 0 Å². The fraction of sp³-hybridized carbons (Fsp3) is 0.417. The molecule has 1 amide bonds. The van der Waals surface area contributed by atoms with E-state index in [4.69, 9.17) is 5.73 Å². The Balaban J connectivity index is 2.85. The summed E-state index contributed by atoms with van der Waals surface area (Å²) >= 11 is 1.69. The number of hydrogen-bond donors (Lipinski definition) is 2. The van der Waals surface area contributed by atoms with Gasteiger partial charge in [0, 0.05) is 17.6 Å². The van der Waals surface area contributed by atoms with Crippen molar-refractivity contribution in [2.75, 3.05) is 18.5 Å². The lowest BCUT2D eigenvalue weighted by molar-refractivity contribution is 0.0960. The van der Waals surface area contributed by atoms with Gasteiger partial charge in [-0.15, -0.1) is 11.8 Å². The van der Waals surface area contributed by atoms with Gasteiger partial charge in [-0.1, -0.05) is 13.3 Å². The van der Waals surface area contributed by atoms with E-state index in [1.807, 2.05) is 6.07 Å². The molecule has 0 aromatic heterocycles. The molecule has 0 heterocycles. The number of anilines is 1. The van der Waals surface area contributed by atoms with Crippen LogP contribution >= 0.6 is 11.8 Å². The van der Waals surface area contributed by atoms with Crippen LogP contribution in [0.3, 0.4) is 0 Å². The normalized spacial score (nSPS) is 10.1. The maximum Gasteiger partial charge on any atom is 0.252 e. The van der Waals surface area contributed by atoms with Gasteiger partial charge in [-0.25, -0.2) is 0 Å². The van der Waals surface area contributed by atoms with E-state index in [1.54, 1.807) is 30.9 Å². The van der Waals surface area contributed by atoms with E-state index >= 15 is 0 Å². The fourth-order valence-electron chi connectivity index (χ4n) is 1.31. The number of amides is 1. The van der Waals surface area contributed by atoms with Crippen molar-refractivity contribution < 1.29 is 4.79 Å². The van der Waals surface area contributed by atoms with Crippen LogP contribution in [0.15, 0.2) is 23.1 Å². The molecule has 0 aliphatic carbocycles. The van der Waals surface area contributed by atoms with Crippen LogP contribution in [-0.4, -0.2) is 18.7 Å². The summed E-state index contributed by atoms with van der Waals surface area (Å²) < 4.78 is 0. The number of hydrogen-bond acceptors (Lipinski definition) is 3. The molecule has 0 aliphatic rings. The maximum absolute atomic E-state index is 11.6. The molecule has 1 aromatic carbocycles. The van der Waals surface area contributed by atoms with E-state index in [0.717, 1.165) is 23.5 Å². The summed E-state index contributed by atoms with van der Waals surface area (Å²) in [5.41, 5.74) is 7.14. The molecule has 0 saturated heterocycles. The third kappa shape index (κ3) is 3.45. The van der Waals surface area contributed by atoms with Crippen LogP contribution in [0, 0.1) is 0 Å². The molecule has 4 heteroatoms. The lowest BCUT2D eigenvalue weighted by Crippen LogP contribution is -2.18. The van der Waals surface area contributed by atoms with Gasteiger partial charge in [0.15, 0.2) is 0 Å². The molecule has 0 fully saturated rings. The van der Waals surface area contributed by atoms with Gasteiger partial charge in [-0.3, -0.25) is 4.79 Å². The summed E-state index contributed by atoms with van der Waals surface area (Å²) in [5.74, 6) is 0.961. The van der Waals surface area contributed by atoms with Crippen LogP contribution in [0.5, 0.6) is 0 Å². The number of thioether (sulfide) groups is 1. The second-order valence-corrected chi connectivity index (χ2v) is 4.67. The minimum atomic E-state index is -0.0565. The number of rotatable bonds is 5. The largest absolute Gasteiger partial charge is 0.399 e. The smallest absolute Gasteiger partial charge is 0.252 e. The summed E-state index contributed by atoms with van der Waals surface area (Å²) in [5, 5.41) is 2.64. The molecule has 3 N–H and O–H groups in total. The van der Waals surface area contributed by atoms with Crippen molar-refractivity contribution in [3.8, 4) is 0 Å². The topological polar surface area (TPSA) is 55.1 Å². The first-order chi connectivity index (χ1) is 7.69. The molecule has 0 unspecified atom stereocenters. The summed E-state index contributed by atoms with van der Waals surface area (Å²) in [6.45, 7) is 2.15. The minimum Gasteiger partial charge on any atom is -0.399 e. The van der Waals surface area contributed by atoms with Crippen LogP contribution in [0.25, 0.3) is 0 Å². The Kier molecular flexibility index (Phi) is 5.19. The standard InChI is InChI=1S/C12H18N2OS/c1-3-4-7-16-11-8-9(13)5-6-10(11)12(15)14-2/h5-6,8H,3-4,7,13H2,1-2H3,(H,14,15). The maximum atomic E-state index is 11.6. The zero-order chi connectivity index (χ0) is 12.0. The van der Waals surface area contributed by atoms with E-state index in [2.05, 4.69) is 12.2 Å². The van der Waals surface area contributed by atoms with E-state index < -0.39 is 0 Å². The van der Waals surface area contributed by atoms with Crippen molar-refractivity contribution in [3.63, 3.8) is 0 Å². The second kappa shape index (κ2) is 6.43. The van der Waals surface area contributed by atoms with Crippen LogP contribution in [-0.2, 0) is 0 Å². The van der Waals surface area contributed by atoms with Crippen LogP contribution < -0.4 is 11.1 Å². The fourth-order valence-corrected chi connectivity index (χ4v) is 2.50. The van der Waals surface area contributed by atoms with Crippen molar-refractivity contribution in [1.82, 2.24) is 5.32 Å². The van der Waals surface area contributed by atoms with Gasteiger partial charge in [0.2, 0.25) is 0 Å². The summed E-state index contributed by atoms with van der Waals surface area (Å²) in [7, 11) is 1.64. The summed E-state index contributed by atoms with van der Waals surface area (Å²) in [4.78, 5) is 12.6. The Hall–Kier alpha value is -1.16. The van der Waals surface area contributed by atoms with Crippen molar-refractivity contribution in [2.24, 2.45) is 0 Å². The van der Waals surface area contributed by atoms with Gasteiger partial charge in [-0.05, 0) is 30.4 Å². The van der Waals surface area contributed by atoms with E-state index in [0.29, 0.717) is 11.3 Å². The van der Waals surface area contributed by atoms with E-state index in [1.165, 1.54) is 0 Å². The van der Waals surface area contributed by atoms with E-state index in [-0.39, 0.29) is 5.91 Å². The predicted molar refractivity (Wildman–Crippen MR) is 69.9 cm³/mol. The third-order valence-corrected chi connectivity index (χ3v) is 3.37. The molecule has 16 heavy (non-hydrogen) atoms. The Bertz CT molecular complexity index is 366. The highest BCUT2D eigenvalue weighted by Gasteiger charge is 2.10. The molecule has 88 valence electrons. The zero-order valence-corrected chi connectivity index (χ0v) is 10.6. The number of nitrogens with one attached hydrogen (secondary N) is 1. The minimum absolute atomic E-state index is 0.0565. The number of unbranched alkanes of at least 4 members (excludes halogenated alkanes) is 1. The Morgan fingerprint density at radius 2 is 2.25 bits per heavy atom. The first-order valence-corrected chi connectivity index (χ1v) is 6.42. The van der Waals surface area contributed by atoms with Crippen molar-refractivity contribution >= 4 is 23.4 Å². The molecule has 0 atom stereocenters. The van der Waals surface area contributed by atoms with Gasteiger partial charge >= 0.3 is 0 Å². The lowest BCUT2D eigenvalue weighted by Gasteiger charge is -2.08. The van der Waals surface area contributed by atoms with Gasteiger partial charge in [0.05, 0.1) is 5.56 Å². The second-order valence-electron chi connectivity index (χ2n) is 3.54. The van der Waals surface area contributed by atoms with Crippen molar-refractivity contribution in [1.29, 1.82) is 0 Å². The predicted octanol–water partition coefficient (Wildman–Crippen LogP) is 2.52. The number of carbonyl (C=O) groups is 1. The van der Waals surface area contributed by atoms with Gasteiger partial charge in [0.25, 0.3) is 5.91 Å². The molecule has 0 spiro atoms. The highest BCUT2D eigenvalue weighted by molar-refractivity contribution is 7.99. The third-order valence-electron chi connectivity index (χ3n) is 2.23. The number of benzene rings is 1. The molecule has 0 radical (unpaired) electrons. The highest BCUT2D eigenvalue weighted by Crippen LogP contribution is 2.26. The van der Waals surface area contributed by atoms with Crippen LogP contribution in [0.1, 0.15) is 30.1 Å². The molecular weight excluding hydrogens is 220 g/mol. The van der Waals surface area contributed by atoms with E-state index in [9.17, 15) is 4.79 Å². The molecule has 1 aromatic rings. The first-order valence-electron chi connectivity index (χ1n) is 5.43. The van der Waals surface area contributed by atoms with Crippen molar-refractivity contribution in [2.45, 2.75) is 24.7 Å². The Morgan fingerprint density at radius 1 is 1.50 bits per heavy atom. The number of carbonyl (C=O) groups excluding carboxylic acids is 1. The quantitative estimate of drug-likeness (QED) is 0.471. The molecule has 0 saturated carbocycles. The highest BCUT2D eigenvalue weighted by atomic mass is 32.2. The monoisotopic (exact) mass is 238 g/mol.